The molecule has 1 aromatic carbocycles. The number of hydrogen-bond donors (Lipinski definition) is 2. The van der Waals surface area contributed by atoms with Crippen molar-refractivity contribution in [2.75, 3.05) is 6.61 Å². The second-order valence-corrected chi connectivity index (χ2v) is 3.93. The lowest BCUT2D eigenvalue weighted by atomic mass is 10.0. The first kappa shape index (κ1) is 16.8. The van der Waals surface area contributed by atoms with Gasteiger partial charge in [0, 0.05) is 16.8 Å². The van der Waals surface area contributed by atoms with E-state index < -0.39 is 11.3 Å². The Morgan fingerprint density at radius 3 is 2.33 bits per heavy atom. The Morgan fingerprint density at radius 1 is 1.33 bits per heavy atom. The molecule has 0 aliphatic heterocycles. The summed E-state index contributed by atoms with van der Waals surface area (Å²) < 4.78 is 17.6. The van der Waals surface area contributed by atoms with Crippen molar-refractivity contribution in [3.8, 4) is 11.8 Å². The van der Waals surface area contributed by atoms with Gasteiger partial charge in [-0.25, -0.2) is 0 Å². The van der Waals surface area contributed by atoms with Crippen LogP contribution in [0.4, 0.5) is 0 Å². The van der Waals surface area contributed by atoms with E-state index >= 15 is 0 Å². The van der Waals surface area contributed by atoms with E-state index in [0.717, 1.165) is 18.4 Å². The Labute approximate surface area is 111 Å². The molecule has 4 nitrogen and oxygen atoms in total. The van der Waals surface area contributed by atoms with Gasteiger partial charge in [-0.3, -0.25) is 9.35 Å². The van der Waals surface area contributed by atoms with E-state index in [1.165, 1.54) is 11.1 Å². The lowest BCUT2D eigenvalue weighted by Crippen LogP contribution is -1.97. The van der Waals surface area contributed by atoms with E-state index in [9.17, 15) is 0 Å². The van der Waals surface area contributed by atoms with Crippen molar-refractivity contribution in [1.82, 2.24) is 0 Å². The molecule has 1 atom stereocenters. The van der Waals surface area contributed by atoms with E-state index in [1.54, 1.807) is 0 Å². The zero-order valence-electron chi connectivity index (χ0n) is 10.6. The first-order valence-corrected chi connectivity index (χ1v) is 6.74. The lowest BCUT2D eigenvalue weighted by Gasteiger charge is -2.05. The van der Waals surface area contributed by atoms with Crippen LogP contribution in [0.25, 0.3) is 0 Å². The predicted molar refractivity (Wildman–Crippen MR) is 72.3 cm³/mol. The third-order valence-corrected chi connectivity index (χ3v) is 2.28. The van der Waals surface area contributed by atoms with Crippen LogP contribution in [-0.4, -0.2) is 20.5 Å². The van der Waals surface area contributed by atoms with Crippen molar-refractivity contribution in [3.63, 3.8) is 0 Å². The summed E-state index contributed by atoms with van der Waals surface area (Å²) in [5.74, 6) is 5.58. The van der Waals surface area contributed by atoms with Gasteiger partial charge in [0.05, 0.1) is 0 Å². The fourth-order valence-corrected chi connectivity index (χ4v) is 1.52. The summed E-state index contributed by atoms with van der Waals surface area (Å²) in [6.45, 7) is 4.24. The van der Waals surface area contributed by atoms with Crippen LogP contribution < -0.4 is 5.14 Å². The van der Waals surface area contributed by atoms with Crippen molar-refractivity contribution in [2.24, 2.45) is 5.14 Å². The summed E-state index contributed by atoms with van der Waals surface area (Å²) in [4.78, 5) is 0. The normalized spacial score (nSPS) is 10.7. The van der Waals surface area contributed by atoms with Gasteiger partial charge in [-0.1, -0.05) is 31.8 Å². The molecule has 1 unspecified atom stereocenters. The van der Waals surface area contributed by atoms with Crippen LogP contribution in [0.1, 0.15) is 30.5 Å². The molecule has 0 saturated heterocycles. The van der Waals surface area contributed by atoms with Crippen LogP contribution in [0.2, 0.25) is 0 Å². The Bertz CT molecular complexity index is 445. The fraction of sp³-hybridized carbons (Fsp3) is 0.385. The minimum atomic E-state index is -2.36. The molecule has 0 heterocycles. The first-order valence-electron chi connectivity index (χ1n) is 5.60. The molecule has 0 aliphatic rings. The van der Waals surface area contributed by atoms with Crippen LogP contribution in [0, 0.1) is 11.8 Å². The molecule has 0 bridgehead atoms. The summed E-state index contributed by atoms with van der Waals surface area (Å²) in [6.07, 6.45) is 2.11. The summed E-state index contributed by atoms with van der Waals surface area (Å²) in [5, 5.41) is 12.6. The molecule has 0 saturated carbocycles. The van der Waals surface area contributed by atoms with Crippen molar-refractivity contribution >= 4 is 11.3 Å². The number of aryl methyl sites for hydroxylation is 2. The van der Waals surface area contributed by atoms with Gasteiger partial charge >= 0.3 is 0 Å². The first-order chi connectivity index (χ1) is 8.54. The maximum Gasteiger partial charge on any atom is 0.104 e. The molecule has 3 N–H and O–H groups in total. The summed E-state index contributed by atoms with van der Waals surface area (Å²) in [5.41, 5.74) is 3.74. The SMILES string of the molecule is CCc1ccc(C#CCO)cc1CC.NS(=O)[O-]. The van der Waals surface area contributed by atoms with Gasteiger partial charge < -0.3 is 9.66 Å². The average molecular weight is 268 g/mol. The topological polar surface area (TPSA) is 86.4 Å². The van der Waals surface area contributed by atoms with Crippen molar-refractivity contribution < 1.29 is 13.9 Å². The highest BCUT2D eigenvalue weighted by molar-refractivity contribution is 7.76. The fourth-order valence-electron chi connectivity index (χ4n) is 1.52. The van der Waals surface area contributed by atoms with Gasteiger partial charge in [0.2, 0.25) is 0 Å². The minimum absolute atomic E-state index is 0.0724. The van der Waals surface area contributed by atoms with Crippen molar-refractivity contribution in [3.05, 3.63) is 34.9 Å². The second kappa shape index (κ2) is 9.80. The molecule has 1 rings (SSSR count). The monoisotopic (exact) mass is 268 g/mol. The Hall–Kier alpha value is -1.19. The minimum Gasteiger partial charge on any atom is -0.760 e. The van der Waals surface area contributed by atoms with Gasteiger partial charge in [0.25, 0.3) is 0 Å². The van der Waals surface area contributed by atoms with Crippen molar-refractivity contribution in [1.29, 1.82) is 0 Å². The quantitative estimate of drug-likeness (QED) is 0.617. The maximum atomic E-state index is 8.78. The predicted octanol–water partition coefficient (Wildman–Crippen LogP) is 0.894. The van der Waals surface area contributed by atoms with Gasteiger partial charge in [-0.15, -0.1) is 0 Å². The van der Waals surface area contributed by atoms with Crippen LogP contribution in [0.3, 0.4) is 0 Å². The maximum absolute atomic E-state index is 8.78. The van der Waals surface area contributed by atoms with Gasteiger partial charge in [-0.05, 0) is 36.1 Å². The average Bonchev–Trinajstić information content (AvgIpc) is 2.35. The molecular weight excluding hydrogens is 250 g/mol. The Morgan fingerprint density at radius 2 is 1.89 bits per heavy atom. The van der Waals surface area contributed by atoms with E-state index in [2.05, 4.69) is 43.0 Å². The molecule has 0 spiro atoms. The summed E-state index contributed by atoms with van der Waals surface area (Å²) in [7, 11) is 0. The van der Waals surface area contributed by atoms with Crippen molar-refractivity contribution in [2.45, 2.75) is 26.7 Å². The number of hydrogen-bond acceptors (Lipinski definition) is 3. The highest BCUT2D eigenvalue weighted by atomic mass is 32.2. The third kappa shape index (κ3) is 7.20. The molecule has 0 aromatic heterocycles. The van der Waals surface area contributed by atoms with Crippen LogP contribution >= 0.6 is 0 Å². The molecule has 1 aromatic rings. The molecule has 0 amide bonds. The standard InChI is InChI=1S/C13H16O.H3NO2S/c1-3-12-8-7-11(6-5-9-14)10-13(12)4-2;1-4(2)3/h7-8,10,14H,3-4,9H2,1-2H3;1H2,(H,2,3)/p-1. The number of nitrogens with two attached hydrogens (primary N) is 1. The molecule has 18 heavy (non-hydrogen) atoms. The smallest absolute Gasteiger partial charge is 0.104 e. The number of aliphatic hydroxyl groups is 1. The van der Waals surface area contributed by atoms with Gasteiger partial charge in [0.15, 0.2) is 0 Å². The highest BCUT2D eigenvalue weighted by Crippen LogP contribution is 2.12. The van der Waals surface area contributed by atoms with E-state index in [0.29, 0.717) is 0 Å². The molecular formula is C13H18NO3S-. The van der Waals surface area contributed by atoms with Crippen LogP contribution in [0.15, 0.2) is 18.2 Å². The van der Waals surface area contributed by atoms with E-state index in [4.69, 9.17) is 13.9 Å². The lowest BCUT2D eigenvalue weighted by molar-refractivity contribution is 0.350. The molecule has 0 radical (unpaired) electrons. The second-order valence-electron chi connectivity index (χ2n) is 3.41. The van der Waals surface area contributed by atoms with Crippen LogP contribution in [-0.2, 0) is 24.1 Å². The van der Waals surface area contributed by atoms with E-state index in [1.807, 2.05) is 6.07 Å². The zero-order valence-corrected chi connectivity index (χ0v) is 11.4. The molecule has 0 fully saturated rings. The zero-order chi connectivity index (χ0) is 14.0. The third-order valence-electron chi connectivity index (χ3n) is 2.28. The Kier molecular flexibility index (Phi) is 9.15. The highest BCUT2D eigenvalue weighted by Gasteiger charge is 1.98. The van der Waals surface area contributed by atoms with Gasteiger partial charge in [0.1, 0.15) is 6.61 Å². The van der Waals surface area contributed by atoms with Crippen LogP contribution in [0.5, 0.6) is 0 Å². The summed E-state index contributed by atoms with van der Waals surface area (Å²) >= 11 is -2.36. The number of benzene rings is 1. The molecule has 0 aliphatic carbocycles. The van der Waals surface area contributed by atoms with Gasteiger partial charge in [-0.2, -0.15) is 0 Å². The Balaban J connectivity index is 0.000000631. The largest absolute Gasteiger partial charge is 0.760 e. The van der Waals surface area contributed by atoms with E-state index in [-0.39, 0.29) is 6.61 Å². The number of rotatable bonds is 2. The molecule has 100 valence electrons. The summed E-state index contributed by atoms with van der Waals surface area (Å²) in [6, 6.07) is 6.25. The molecule has 5 heteroatoms. The number of aliphatic hydroxyl groups excluding tert-OH is 1.